The quantitative estimate of drug-likeness (QED) is 0.253. The Balaban J connectivity index is 1.50. The predicted octanol–water partition coefficient (Wildman–Crippen LogP) is 5.06. The van der Waals surface area contributed by atoms with E-state index in [-0.39, 0.29) is 19.1 Å². The zero-order valence-corrected chi connectivity index (χ0v) is 26.6. The maximum absolute atomic E-state index is 15.1. The maximum atomic E-state index is 15.1. The average molecular weight is 633 g/mol. The molecule has 4 atom stereocenters. The van der Waals surface area contributed by atoms with Gasteiger partial charge in [0.25, 0.3) is 0 Å². The summed E-state index contributed by atoms with van der Waals surface area (Å²) in [5.41, 5.74) is 15.6. The normalized spacial score (nSPS) is 22.0. The lowest BCUT2D eigenvalue weighted by Gasteiger charge is -2.37. The highest BCUT2D eigenvalue weighted by molar-refractivity contribution is 5.93. The fraction of sp³-hybridized carbons (Fsp3) is 0.289. The van der Waals surface area contributed by atoms with Gasteiger partial charge in [0.1, 0.15) is 12.2 Å². The van der Waals surface area contributed by atoms with E-state index in [1.807, 2.05) is 96.4 Å². The molecule has 0 saturated carbocycles. The third-order valence-electron chi connectivity index (χ3n) is 8.92. The molecule has 2 aliphatic rings. The van der Waals surface area contributed by atoms with Gasteiger partial charge in [0.05, 0.1) is 12.1 Å². The first-order valence-corrected chi connectivity index (χ1v) is 15.9. The SMILES string of the molecule is CC1(C)O[C@@H]2[C@@H](O1)[C@@H](Cc1ccccc1)N(Cc1cccc(C(N)=O)c1)C(=O)N(Cc1cccc(C(N)=O)c1)[C@@H]2Cc1ccccc1. The lowest BCUT2D eigenvalue weighted by molar-refractivity contribution is -0.157. The summed E-state index contributed by atoms with van der Waals surface area (Å²) < 4.78 is 13.5. The van der Waals surface area contributed by atoms with Crippen LogP contribution in [-0.2, 0) is 35.4 Å². The van der Waals surface area contributed by atoms with E-state index in [2.05, 4.69) is 0 Å². The molecular formula is C38H40N4O5. The second kappa shape index (κ2) is 13.4. The van der Waals surface area contributed by atoms with Crippen molar-refractivity contribution in [2.24, 2.45) is 11.5 Å². The molecule has 0 unspecified atom stereocenters. The van der Waals surface area contributed by atoms with Crippen LogP contribution in [0.25, 0.3) is 0 Å². The van der Waals surface area contributed by atoms with E-state index in [4.69, 9.17) is 20.9 Å². The topological polar surface area (TPSA) is 128 Å². The van der Waals surface area contributed by atoms with E-state index < -0.39 is 41.9 Å². The van der Waals surface area contributed by atoms with Gasteiger partial charge in [-0.05, 0) is 73.2 Å². The summed E-state index contributed by atoms with van der Waals surface area (Å²) in [4.78, 5) is 43.0. The first-order valence-electron chi connectivity index (χ1n) is 15.9. The molecule has 0 spiro atoms. The van der Waals surface area contributed by atoms with E-state index in [0.29, 0.717) is 24.0 Å². The molecule has 9 heteroatoms. The van der Waals surface area contributed by atoms with Gasteiger partial charge in [-0.1, -0.05) is 84.9 Å². The Hall–Kier alpha value is -4.99. The molecule has 6 rings (SSSR count). The number of ether oxygens (including phenoxy) is 2. The number of nitrogens with zero attached hydrogens (tertiary/aromatic N) is 2. The molecule has 0 bridgehead atoms. The fourth-order valence-corrected chi connectivity index (χ4v) is 6.79. The average Bonchev–Trinajstić information content (AvgIpc) is 3.36. The van der Waals surface area contributed by atoms with Gasteiger partial charge in [0.2, 0.25) is 11.8 Å². The van der Waals surface area contributed by atoms with Crippen molar-refractivity contribution in [2.45, 2.75) is 69.9 Å². The minimum Gasteiger partial charge on any atom is -0.366 e. The molecular weight excluding hydrogens is 592 g/mol. The highest BCUT2D eigenvalue weighted by atomic mass is 16.8. The lowest BCUT2D eigenvalue weighted by atomic mass is 9.91. The number of carbonyl (C=O) groups is 3. The van der Waals surface area contributed by atoms with Crippen molar-refractivity contribution in [3.05, 3.63) is 143 Å². The van der Waals surface area contributed by atoms with Crippen molar-refractivity contribution < 1.29 is 23.9 Å². The highest BCUT2D eigenvalue weighted by Crippen LogP contribution is 2.40. The Morgan fingerprint density at radius 3 is 1.38 bits per heavy atom. The number of primary amides is 2. The van der Waals surface area contributed by atoms with Crippen LogP contribution in [0.4, 0.5) is 4.79 Å². The number of amides is 4. The molecule has 2 heterocycles. The van der Waals surface area contributed by atoms with Gasteiger partial charge >= 0.3 is 6.03 Å². The monoisotopic (exact) mass is 632 g/mol. The lowest BCUT2D eigenvalue weighted by Crippen LogP contribution is -2.51. The van der Waals surface area contributed by atoms with Crippen LogP contribution in [0.1, 0.15) is 56.8 Å². The van der Waals surface area contributed by atoms with Crippen molar-refractivity contribution in [1.29, 1.82) is 0 Å². The molecule has 9 nitrogen and oxygen atoms in total. The minimum absolute atomic E-state index is 0.208. The van der Waals surface area contributed by atoms with Crippen LogP contribution in [0.15, 0.2) is 109 Å². The number of fused-ring (bicyclic) bond motifs is 1. The molecule has 2 aliphatic heterocycles. The van der Waals surface area contributed by atoms with E-state index >= 15 is 4.79 Å². The second-order valence-electron chi connectivity index (χ2n) is 12.7. The standard InChI is InChI=1S/C38H40N4O5/c1-38(2)46-33-31(21-25-11-5-3-6-12-25)41(23-27-15-9-17-29(19-27)35(39)43)37(45)42(24-28-16-10-18-30(20-28)36(40)44)32(34(33)47-38)22-26-13-7-4-8-14-26/h3-20,31-34H,21-24H2,1-2H3,(H2,39,43)(H2,40,44)/t31-,32-,33+,34+/m1/s1. The van der Waals surface area contributed by atoms with Gasteiger partial charge in [0.15, 0.2) is 5.79 Å². The Morgan fingerprint density at radius 2 is 1.00 bits per heavy atom. The highest BCUT2D eigenvalue weighted by Gasteiger charge is 2.55. The number of urea groups is 1. The second-order valence-corrected chi connectivity index (χ2v) is 12.7. The third-order valence-corrected chi connectivity index (χ3v) is 8.92. The van der Waals surface area contributed by atoms with Crippen molar-refractivity contribution in [1.82, 2.24) is 9.80 Å². The molecule has 4 aromatic rings. The summed E-state index contributed by atoms with van der Waals surface area (Å²) in [6.07, 6.45) is 0.0746. The summed E-state index contributed by atoms with van der Waals surface area (Å²) >= 11 is 0. The Labute approximate surface area is 275 Å². The van der Waals surface area contributed by atoms with Crippen LogP contribution in [-0.4, -0.2) is 57.7 Å². The molecule has 242 valence electrons. The number of hydrogen-bond acceptors (Lipinski definition) is 5. The van der Waals surface area contributed by atoms with E-state index in [9.17, 15) is 9.59 Å². The number of hydrogen-bond donors (Lipinski definition) is 2. The van der Waals surface area contributed by atoms with Crippen LogP contribution in [0, 0.1) is 0 Å². The molecule has 4 N–H and O–H groups in total. The zero-order valence-electron chi connectivity index (χ0n) is 26.6. The van der Waals surface area contributed by atoms with Crippen LogP contribution < -0.4 is 11.5 Å². The minimum atomic E-state index is -0.908. The molecule has 4 aromatic carbocycles. The summed E-state index contributed by atoms with van der Waals surface area (Å²) in [6, 6.07) is 33.1. The Bertz CT molecular complexity index is 1620. The molecule has 0 aliphatic carbocycles. The summed E-state index contributed by atoms with van der Waals surface area (Å²) in [5.74, 6) is -1.99. The van der Waals surface area contributed by atoms with Gasteiger partial charge in [-0.25, -0.2) is 4.79 Å². The van der Waals surface area contributed by atoms with Gasteiger partial charge in [-0.15, -0.1) is 0 Å². The van der Waals surface area contributed by atoms with Crippen molar-refractivity contribution in [2.75, 3.05) is 0 Å². The first-order chi connectivity index (χ1) is 22.6. The summed E-state index contributed by atoms with van der Waals surface area (Å²) in [7, 11) is 0. The van der Waals surface area contributed by atoms with Crippen LogP contribution >= 0.6 is 0 Å². The molecule has 0 radical (unpaired) electrons. The van der Waals surface area contributed by atoms with Crippen LogP contribution in [0.3, 0.4) is 0 Å². The molecule has 2 fully saturated rings. The number of benzene rings is 4. The molecule has 2 saturated heterocycles. The summed E-state index contributed by atoms with van der Waals surface area (Å²) in [5, 5.41) is 0. The van der Waals surface area contributed by atoms with E-state index in [1.165, 1.54) is 0 Å². The van der Waals surface area contributed by atoms with E-state index in [0.717, 1.165) is 22.3 Å². The zero-order chi connectivity index (χ0) is 33.1. The molecule has 4 amide bonds. The number of nitrogens with two attached hydrogens (primary N) is 2. The van der Waals surface area contributed by atoms with Crippen LogP contribution in [0.5, 0.6) is 0 Å². The van der Waals surface area contributed by atoms with Crippen LogP contribution in [0.2, 0.25) is 0 Å². The van der Waals surface area contributed by atoms with Gasteiger partial charge in [-0.3, -0.25) is 9.59 Å². The van der Waals surface area contributed by atoms with Gasteiger partial charge < -0.3 is 30.7 Å². The van der Waals surface area contributed by atoms with E-state index in [1.54, 1.807) is 36.4 Å². The number of carbonyl (C=O) groups excluding carboxylic acids is 3. The number of rotatable bonds is 10. The molecule has 0 aromatic heterocycles. The van der Waals surface area contributed by atoms with Gasteiger partial charge in [0, 0.05) is 24.2 Å². The largest absolute Gasteiger partial charge is 0.366 e. The van der Waals surface area contributed by atoms with Crippen molar-refractivity contribution in [3.8, 4) is 0 Å². The Kier molecular flexibility index (Phi) is 9.11. The third kappa shape index (κ3) is 7.21. The van der Waals surface area contributed by atoms with Crippen molar-refractivity contribution >= 4 is 17.8 Å². The van der Waals surface area contributed by atoms with Crippen molar-refractivity contribution in [3.63, 3.8) is 0 Å². The summed E-state index contributed by atoms with van der Waals surface area (Å²) in [6.45, 7) is 4.23. The first kappa shape index (κ1) is 32.0. The smallest absolute Gasteiger partial charge is 0.321 e. The van der Waals surface area contributed by atoms with Gasteiger partial charge in [-0.2, -0.15) is 0 Å². The maximum Gasteiger partial charge on any atom is 0.321 e. The molecule has 47 heavy (non-hydrogen) atoms. The fourth-order valence-electron chi connectivity index (χ4n) is 6.79. The Morgan fingerprint density at radius 1 is 0.617 bits per heavy atom. The predicted molar refractivity (Wildman–Crippen MR) is 178 cm³/mol.